The van der Waals surface area contributed by atoms with Gasteiger partial charge in [-0.3, -0.25) is 4.79 Å². The topological polar surface area (TPSA) is 67.9 Å². The van der Waals surface area contributed by atoms with E-state index in [1.807, 2.05) is 0 Å². The van der Waals surface area contributed by atoms with Gasteiger partial charge in [-0.2, -0.15) is 0 Å². The molecule has 0 saturated carbocycles. The second kappa shape index (κ2) is 3.91. The number of nitrogens with zero attached hydrogens (tertiary/aromatic N) is 2. The summed E-state index contributed by atoms with van der Waals surface area (Å²) in [6.45, 7) is 0. The second-order valence-electron chi connectivity index (χ2n) is 2.92. The Morgan fingerprint density at radius 2 is 2.07 bits per heavy atom. The molecule has 2 aromatic rings. The minimum atomic E-state index is 0.324. The Bertz CT molecular complexity index is 462. The molecule has 0 fully saturated rings. The first kappa shape index (κ1) is 9.39. The van der Waals surface area contributed by atoms with Crippen LogP contribution in [-0.2, 0) is 0 Å². The lowest BCUT2D eigenvalue weighted by Crippen LogP contribution is -1.90. The van der Waals surface area contributed by atoms with Gasteiger partial charge in [-0.1, -0.05) is 0 Å². The first-order valence-electron chi connectivity index (χ1n) is 4.33. The molecule has 0 amide bonds. The Labute approximate surface area is 86.1 Å². The van der Waals surface area contributed by atoms with Gasteiger partial charge in [0.15, 0.2) is 6.29 Å². The molecule has 5 heteroatoms. The molecule has 0 unspecified atom stereocenters. The number of rotatable bonds is 3. The fourth-order valence-corrected chi connectivity index (χ4v) is 1.22. The van der Waals surface area contributed by atoms with E-state index in [1.165, 1.54) is 7.11 Å². The molecule has 1 N–H and O–H groups in total. The number of aromatic amines is 1. The zero-order valence-corrected chi connectivity index (χ0v) is 8.10. The van der Waals surface area contributed by atoms with Gasteiger partial charge in [-0.15, -0.1) is 0 Å². The number of carbonyl (C=O) groups is 1. The maximum Gasteiger partial charge on any atom is 0.316 e. The van der Waals surface area contributed by atoms with Crippen LogP contribution in [0.25, 0.3) is 11.1 Å². The molecule has 0 radical (unpaired) electrons. The summed E-state index contributed by atoms with van der Waals surface area (Å²) in [5, 5.41) is 0. The van der Waals surface area contributed by atoms with Crippen LogP contribution >= 0.6 is 0 Å². The molecule has 2 rings (SSSR count). The van der Waals surface area contributed by atoms with E-state index in [4.69, 9.17) is 4.74 Å². The third-order valence-electron chi connectivity index (χ3n) is 1.98. The van der Waals surface area contributed by atoms with Gasteiger partial charge in [0.2, 0.25) is 0 Å². The highest BCUT2D eigenvalue weighted by molar-refractivity contribution is 5.76. The minimum absolute atomic E-state index is 0.324. The lowest BCUT2D eigenvalue weighted by Gasteiger charge is -1.98. The van der Waals surface area contributed by atoms with Crippen molar-refractivity contribution in [2.24, 2.45) is 0 Å². The largest absolute Gasteiger partial charge is 0.467 e. The van der Waals surface area contributed by atoms with Crippen molar-refractivity contribution in [3.05, 3.63) is 30.4 Å². The molecule has 0 aliphatic rings. The average Bonchev–Trinajstić information content (AvgIpc) is 2.78. The molecule has 5 nitrogen and oxygen atoms in total. The smallest absolute Gasteiger partial charge is 0.316 e. The summed E-state index contributed by atoms with van der Waals surface area (Å²) in [4.78, 5) is 21.2. The van der Waals surface area contributed by atoms with Crippen LogP contribution in [-0.4, -0.2) is 28.3 Å². The van der Waals surface area contributed by atoms with Crippen LogP contribution < -0.4 is 4.74 Å². The molecular formula is C10H9N3O2. The van der Waals surface area contributed by atoms with E-state index in [-0.39, 0.29) is 0 Å². The van der Waals surface area contributed by atoms with Crippen molar-refractivity contribution in [2.75, 3.05) is 7.11 Å². The van der Waals surface area contributed by atoms with E-state index >= 15 is 0 Å². The SMILES string of the molecule is COc1ncc(-c2c[nH]c(C=O)c2)cn1. The summed E-state index contributed by atoms with van der Waals surface area (Å²) >= 11 is 0. The number of aromatic nitrogens is 3. The van der Waals surface area contributed by atoms with Crippen LogP contribution in [0.1, 0.15) is 10.5 Å². The molecule has 2 heterocycles. The fraction of sp³-hybridized carbons (Fsp3) is 0.100. The Balaban J connectivity index is 2.32. The first-order chi connectivity index (χ1) is 7.33. The first-order valence-corrected chi connectivity index (χ1v) is 4.33. The summed E-state index contributed by atoms with van der Waals surface area (Å²) < 4.78 is 4.85. The lowest BCUT2D eigenvalue weighted by molar-refractivity contribution is 0.111. The monoisotopic (exact) mass is 203 g/mol. The Morgan fingerprint density at radius 1 is 1.33 bits per heavy atom. The zero-order chi connectivity index (χ0) is 10.7. The van der Waals surface area contributed by atoms with E-state index in [0.29, 0.717) is 11.7 Å². The van der Waals surface area contributed by atoms with E-state index in [0.717, 1.165) is 17.4 Å². The number of nitrogens with one attached hydrogen (secondary N) is 1. The van der Waals surface area contributed by atoms with Crippen LogP contribution in [0, 0.1) is 0 Å². The molecule has 0 bridgehead atoms. The number of aldehydes is 1. The van der Waals surface area contributed by atoms with Gasteiger partial charge in [-0.25, -0.2) is 9.97 Å². The Kier molecular flexibility index (Phi) is 2.45. The van der Waals surface area contributed by atoms with Crippen molar-refractivity contribution in [1.29, 1.82) is 0 Å². The maximum atomic E-state index is 10.5. The second-order valence-corrected chi connectivity index (χ2v) is 2.92. The van der Waals surface area contributed by atoms with Crippen molar-refractivity contribution in [3.8, 4) is 17.1 Å². The minimum Gasteiger partial charge on any atom is -0.467 e. The molecule has 0 aliphatic heterocycles. The van der Waals surface area contributed by atoms with Crippen LogP contribution in [0.15, 0.2) is 24.7 Å². The van der Waals surface area contributed by atoms with Crippen molar-refractivity contribution < 1.29 is 9.53 Å². The normalized spacial score (nSPS) is 9.93. The van der Waals surface area contributed by atoms with Crippen LogP contribution in [0.5, 0.6) is 6.01 Å². The van der Waals surface area contributed by atoms with Gasteiger partial charge < -0.3 is 9.72 Å². The molecule has 15 heavy (non-hydrogen) atoms. The number of hydrogen-bond acceptors (Lipinski definition) is 4. The predicted molar refractivity (Wildman–Crippen MR) is 53.8 cm³/mol. The molecule has 0 aliphatic carbocycles. The predicted octanol–water partition coefficient (Wildman–Crippen LogP) is 1.29. The molecule has 0 aromatic carbocycles. The summed E-state index contributed by atoms with van der Waals surface area (Å²) in [7, 11) is 1.51. The zero-order valence-electron chi connectivity index (χ0n) is 8.10. The van der Waals surface area contributed by atoms with Gasteiger partial charge in [0.1, 0.15) is 0 Å². The van der Waals surface area contributed by atoms with Crippen LogP contribution in [0.3, 0.4) is 0 Å². The number of ether oxygens (including phenoxy) is 1. The number of carbonyl (C=O) groups excluding carboxylic acids is 1. The molecular weight excluding hydrogens is 194 g/mol. The van der Waals surface area contributed by atoms with Crippen molar-refractivity contribution in [2.45, 2.75) is 0 Å². The maximum absolute atomic E-state index is 10.5. The van der Waals surface area contributed by atoms with E-state index in [2.05, 4.69) is 15.0 Å². The highest BCUT2D eigenvalue weighted by Gasteiger charge is 2.02. The van der Waals surface area contributed by atoms with Crippen molar-refractivity contribution in [3.63, 3.8) is 0 Å². The fourth-order valence-electron chi connectivity index (χ4n) is 1.22. The van der Waals surface area contributed by atoms with Gasteiger partial charge >= 0.3 is 6.01 Å². The van der Waals surface area contributed by atoms with Gasteiger partial charge in [-0.05, 0) is 6.07 Å². The average molecular weight is 203 g/mol. The van der Waals surface area contributed by atoms with Gasteiger partial charge in [0.05, 0.1) is 12.8 Å². The Hall–Kier alpha value is -2.17. The highest BCUT2D eigenvalue weighted by Crippen LogP contribution is 2.18. The molecule has 2 aromatic heterocycles. The number of hydrogen-bond donors (Lipinski definition) is 1. The Morgan fingerprint density at radius 3 is 2.60 bits per heavy atom. The standard InChI is InChI=1S/C10H9N3O2/c1-15-10-12-4-8(5-13-10)7-2-9(6-14)11-3-7/h2-6,11H,1H3. The van der Waals surface area contributed by atoms with Gasteiger partial charge in [0, 0.05) is 29.7 Å². The van der Waals surface area contributed by atoms with Crippen molar-refractivity contribution >= 4 is 6.29 Å². The summed E-state index contributed by atoms with van der Waals surface area (Å²) in [5.41, 5.74) is 2.24. The lowest BCUT2D eigenvalue weighted by atomic mass is 10.2. The molecule has 0 spiro atoms. The van der Waals surface area contributed by atoms with Gasteiger partial charge in [0.25, 0.3) is 0 Å². The third-order valence-corrected chi connectivity index (χ3v) is 1.98. The van der Waals surface area contributed by atoms with Crippen LogP contribution in [0.2, 0.25) is 0 Å². The summed E-state index contributed by atoms with van der Waals surface area (Å²) in [6, 6.07) is 2.06. The van der Waals surface area contributed by atoms with E-state index in [9.17, 15) is 4.79 Å². The quantitative estimate of drug-likeness (QED) is 0.763. The van der Waals surface area contributed by atoms with Crippen LogP contribution in [0.4, 0.5) is 0 Å². The van der Waals surface area contributed by atoms with E-state index < -0.39 is 0 Å². The number of methoxy groups -OCH3 is 1. The molecule has 0 saturated heterocycles. The number of H-pyrrole nitrogens is 1. The summed E-state index contributed by atoms with van der Waals surface area (Å²) in [6.07, 6.45) is 5.77. The third kappa shape index (κ3) is 1.85. The molecule has 0 atom stereocenters. The summed E-state index contributed by atoms with van der Waals surface area (Å²) in [5.74, 6) is 0. The van der Waals surface area contributed by atoms with Crippen molar-refractivity contribution in [1.82, 2.24) is 15.0 Å². The van der Waals surface area contributed by atoms with E-state index in [1.54, 1.807) is 24.7 Å². The molecule has 76 valence electrons. The highest BCUT2D eigenvalue weighted by atomic mass is 16.5.